The first-order valence-electron chi connectivity index (χ1n) is 20.0. The molecule has 6 aliphatic rings. The third-order valence-corrected chi connectivity index (χ3v) is 14.0. The monoisotopic (exact) mass is 906 g/mol. The number of benzene rings is 2. The van der Waals surface area contributed by atoms with Gasteiger partial charge in [0.1, 0.15) is 45.7 Å². The Morgan fingerprint density at radius 2 is 0.892 bits per heavy atom. The van der Waals surface area contributed by atoms with Crippen molar-refractivity contribution in [1.29, 1.82) is 0 Å². The number of aliphatic hydroxyl groups excluding tert-OH is 6. The fraction of sp³-hybridized carbons (Fsp3) is 0.409. The van der Waals surface area contributed by atoms with E-state index in [-0.39, 0.29) is 28.1 Å². The van der Waals surface area contributed by atoms with E-state index in [0.717, 1.165) is 0 Å². The second kappa shape index (κ2) is 15.9. The van der Waals surface area contributed by atoms with Gasteiger partial charge in [0, 0.05) is 23.0 Å². The standard InChI is InChI=1S/2C22H24N2O8.H2O/c2*1-7-8-5-4-6-9(25)11(8)16(26)12-10(7)17(27)14-15(24(2)3)18(28)13(21(23)31)20(30)22(14,32)19(12)29;/h2*4-7,10,14-15,17,25,27-29,32H,1-3H3,(H2,23,31);1H2/t2*7-,10+,14+,15-,17-,22-;/m00./s1. The maximum absolute atomic E-state index is 13.3. The highest BCUT2D eigenvalue weighted by Crippen LogP contribution is 2.57. The van der Waals surface area contributed by atoms with Crippen molar-refractivity contribution in [3.8, 4) is 11.5 Å². The predicted octanol–water partition coefficient (Wildman–Crippen LogP) is -1.52. The molecule has 0 unspecified atom stereocenters. The van der Waals surface area contributed by atoms with Crippen molar-refractivity contribution in [2.24, 2.45) is 35.1 Å². The second-order valence-corrected chi connectivity index (χ2v) is 17.6. The van der Waals surface area contributed by atoms with Crippen LogP contribution < -0.4 is 11.5 Å². The molecule has 2 aromatic rings. The number of carbonyl (C=O) groups is 6. The van der Waals surface area contributed by atoms with E-state index in [0.29, 0.717) is 11.1 Å². The lowest BCUT2D eigenvalue weighted by atomic mass is 9.55. The van der Waals surface area contributed by atoms with Crippen LogP contribution in [0.4, 0.5) is 0 Å². The van der Waals surface area contributed by atoms with E-state index < -0.39 is 151 Å². The molecule has 348 valence electrons. The minimum Gasteiger partial charge on any atom is -0.510 e. The van der Waals surface area contributed by atoms with Crippen LogP contribution >= 0.6 is 0 Å². The smallest absolute Gasteiger partial charge is 0.255 e. The number of nitrogens with two attached hydrogens (primary N) is 2. The number of hydrogen-bond donors (Lipinski definition) is 12. The number of aliphatic hydroxyl groups is 8. The highest BCUT2D eigenvalue weighted by atomic mass is 16.4. The lowest BCUT2D eigenvalue weighted by Gasteiger charge is -2.53. The molecule has 16 N–H and O–H groups in total. The van der Waals surface area contributed by atoms with Gasteiger partial charge in [-0.3, -0.25) is 38.6 Å². The molecular weight excluding hydrogens is 856 g/mol. The molecule has 65 heavy (non-hydrogen) atoms. The molecule has 0 fully saturated rings. The van der Waals surface area contributed by atoms with Gasteiger partial charge in [-0.05, 0) is 63.3 Å². The first-order chi connectivity index (χ1) is 29.7. The predicted molar refractivity (Wildman–Crippen MR) is 223 cm³/mol. The number of primary amides is 2. The SMILES string of the molecule is C[C@H]1c2cccc(O)c2C(=O)C2=C(O)[C@]3(O)C(=O)C(C(N)=O)=C(O)[C@@H](N(C)C)[C@@H]3[C@@H](O)[C@@H]21.C[C@H]1c2cccc(O)c2C(=O)C2=C(O)[C@]3(O)C(=O)C(C(N)=O)=C(O)[C@@H](N(C)C)[C@@H]3[C@@H](O)[C@@H]21.O. The third-order valence-electron chi connectivity index (χ3n) is 14.0. The summed E-state index contributed by atoms with van der Waals surface area (Å²) >= 11 is 0. The molecule has 0 heterocycles. The van der Waals surface area contributed by atoms with Crippen molar-refractivity contribution in [2.75, 3.05) is 28.2 Å². The van der Waals surface area contributed by atoms with E-state index in [9.17, 15) is 79.8 Å². The molecule has 21 heteroatoms. The van der Waals surface area contributed by atoms with E-state index in [1.165, 1.54) is 50.1 Å². The van der Waals surface area contributed by atoms with Crippen LogP contribution in [0.25, 0.3) is 0 Å². The number of likely N-dealkylation sites (N-methyl/N-ethyl adjacent to an activating group) is 2. The van der Waals surface area contributed by atoms with E-state index in [1.807, 2.05) is 0 Å². The molecule has 6 aliphatic carbocycles. The number of amides is 2. The third kappa shape index (κ3) is 6.18. The van der Waals surface area contributed by atoms with Gasteiger partial charge in [0.05, 0.1) is 47.3 Å². The van der Waals surface area contributed by atoms with Crippen LogP contribution in [0.1, 0.15) is 57.5 Å². The number of nitrogens with zero attached hydrogens (tertiary/aromatic N) is 2. The summed E-state index contributed by atoms with van der Waals surface area (Å²) in [7, 11) is 5.95. The van der Waals surface area contributed by atoms with Gasteiger partial charge in [0.2, 0.25) is 11.6 Å². The second-order valence-electron chi connectivity index (χ2n) is 17.6. The van der Waals surface area contributed by atoms with Crippen molar-refractivity contribution in [2.45, 2.75) is 61.2 Å². The Morgan fingerprint density at radius 3 is 1.17 bits per heavy atom. The molecule has 0 saturated carbocycles. The Bertz CT molecular complexity index is 2450. The molecule has 2 aromatic carbocycles. The largest absolute Gasteiger partial charge is 0.510 e. The summed E-state index contributed by atoms with van der Waals surface area (Å²) in [6, 6.07) is 6.33. The number of hydrogen-bond acceptors (Lipinski definition) is 18. The summed E-state index contributed by atoms with van der Waals surface area (Å²) < 4.78 is 0. The van der Waals surface area contributed by atoms with Crippen LogP contribution in [0.15, 0.2) is 81.7 Å². The van der Waals surface area contributed by atoms with Gasteiger partial charge in [-0.15, -0.1) is 0 Å². The van der Waals surface area contributed by atoms with Gasteiger partial charge >= 0.3 is 0 Å². The maximum atomic E-state index is 13.3. The first-order valence-corrected chi connectivity index (χ1v) is 20.0. The van der Waals surface area contributed by atoms with Crippen molar-refractivity contribution >= 4 is 34.9 Å². The average Bonchev–Trinajstić information content (AvgIpc) is 3.20. The average molecular weight is 907 g/mol. The molecule has 8 rings (SSSR count). The number of phenols is 2. The van der Waals surface area contributed by atoms with E-state index >= 15 is 0 Å². The zero-order valence-corrected chi connectivity index (χ0v) is 35.7. The summed E-state index contributed by atoms with van der Waals surface area (Å²) in [5.41, 5.74) is 2.73. The summed E-state index contributed by atoms with van der Waals surface area (Å²) in [5.74, 6) is -17.7. The van der Waals surface area contributed by atoms with Gasteiger partial charge in [0.25, 0.3) is 11.8 Å². The number of fused-ring (bicyclic) bond motifs is 6. The Balaban J connectivity index is 0.000000212. The molecule has 12 atom stereocenters. The molecule has 0 bridgehead atoms. The zero-order chi connectivity index (χ0) is 47.7. The minimum atomic E-state index is -2.89. The first kappa shape index (κ1) is 48.0. The van der Waals surface area contributed by atoms with E-state index in [2.05, 4.69) is 0 Å². The Labute approximate surface area is 369 Å². The highest BCUT2D eigenvalue weighted by Gasteiger charge is 2.69. The Hall–Kier alpha value is -6.46. The normalized spacial score (nSPS) is 33.8. The van der Waals surface area contributed by atoms with Crippen molar-refractivity contribution in [1.82, 2.24) is 9.80 Å². The Morgan fingerprint density at radius 1 is 0.585 bits per heavy atom. The molecular formula is C44H50N4O17. The summed E-state index contributed by atoms with van der Waals surface area (Å²) in [6.45, 7) is 3.35. The quantitative estimate of drug-likeness (QED) is 0.155. The number of rotatable bonds is 4. The number of Topliss-reactive ketones (excluding diaryl/α,β-unsaturated/α-hetero) is 4. The van der Waals surface area contributed by atoms with Crippen LogP contribution in [0.5, 0.6) is 11.5 Å². The van der Waals surface area contributed by atoms with Crippen LogP contribution in [-0.4, -0.2) is 165 Å². The lowest BCUT2D eigenvalue weighted by Crippen LogP contribution is -2.68. The van der Waals surface area contributed by atoms with E-state index in [4.69, 9.17) is 11.5 Å². The van der Waals surface area contributed by atoms with Gasteiger partial charge < -0.3 is 68.0 Å². The molecule has 21 nitrogen and oxygen atoms in total. The van der Waals surface area contributed by atoms with Crippen molar-refractivity contribution in [3.05, 3.63) is 104 Å². The van der Waals surface area contributed by atoms with Gasteiger partial charge in [-0.25, -0.2) is 0 Å². The van der Waals surface area contributed by atoms with Crippen molar-refractivity contribution in [3.63, 3.8) is 0 Å². The topological polar surface area (TPSA) is 395 Å². The number of phenolic OH excluding ortho intramolecular Hbond substituents is 2. The van der Waals surface area contributed by atoms with Crippen LogP contribution in [0.2, 0.25) is 0 Å². The van der Waals surface area contributed by atoms with Crippen LogP contribution in [0, 0.1) is 23.7 Å². The highest BCUT2D eigenvalue weighted by molar-refractivity contribution is 6.26. The van der Waals surface area contributed by atoms with Crippen molar-refractivity contribution < 1.29 is 85.3 Å². The summed E-state index contributed by atoms with van der Waals surface area (Å²) in [6.07, 6.45) is -3.18. The van der Waals surface area contributed by atoms with Gasteiger partial charge in [-0.1, -0.05) is 38.1 Å². The molecule has 0 aliphatic heterocycles. The number of carbonyl (C=O) groups excluding carboxylic acids is 6. The molecule has 2 amide bonds. The number of aromatic hydroxyl groups is 2. The molecule has 0 aromatic heterocycles. The fourth-order valence-electron chi connectivity index (χ4n) is 11.2. The number of ketones is 4. The van der Waals surface area contributed by atoms with Gasteiger partial charge in [0.15, 0.2) is 22.8 Å². The van der Waals surface area contributed by atoms with Crippen LogP contribution in [-0.2, 0) is 19.2 Å². The zero-order valence-electron chi connectivity index (χ0n) is 35.7. The van der Waals surface area contributed by atoms with Gasteiger partial charge in [-0.2, -0.15) is 0 Å². The minimum absolute atomic E-state index is 0. The maximum Gasteiger partial charge on any atom is 0.255 e. The van der Waals surface area contributed by atoms with E-state index in [1.54, 1.807) is 38.1 Å². The Kier molecular flexibility index (Phi) is 11.7. The summed E-state index contributed by atoms with van der Waals surface area (Å²) in [5, 5.41) is 110. The fourth-order valence-corrected chi connectivity index (χ4v) is 11.2. The molecule has 0 saturated heterocycles. The van der Waals surface area contributed by atoms with Crippen LogP contribution in [0.3, 0.4) is 0 Å². The molecule has 0 radical (unpaired) electrons. The lowest BCUT2D eigenvalue weighted by molar-refractivity contribution is -0.162. The summed E-state index contributed by atoms with van der Waals surface area (Å²) in [4.78, 5) is 79.6. The molecule has 0 spiro atoms.